The van der Waals surface area contributed by atoms with E-state index in [0.717, 1.165) is 42.7 Å². The van der Waals surface area contributed by atoms with Gasteiger partial charge in [0.1, 0.15) is 0 Å². The lowest BCUT2D eigenvalue weighted by Crippen LogP contribution is -2.27. The van der Waals surface area contributed by atoms with Crippen LogP contribution in [-0.4, -0.2) is 35.0 Å². The van der Waals surface area contributed by atoms with Gasteiger partial charge in [0.25, 0.3) is 0 Å². The van der Waals surface area contributed by atoms with Crippen LogP contribution in [0.3, 0.4) is 0 Å². The number of hydrogen-bond acceptors (Lipinski definition) is 2. The van der Waals surface area contributed by atoms with E-state index < -0.39 is 0 Å². The van der Waals surface area contributed by atoms with Crippen molar-refractivity contribution in [3.63, 3.8) is 0 Å². The molecule has 0 fully saturated rings. The molecule has 0 bridgehead atoms. The van der Waals surface area contributed by atoms with Gasteiger partial charge in [-0.15, -0.1) is 0 Å². The van der Waals surface area contributed by atoms with Crippen molar-refractivity contribution in [2.24, 2.45) is 0 Å². The molecule has 27 heavy (non-hydrogen) atoms. The molecule has 3 heteroatoms. The number of nitrogens with zero attached hydrogens (tertiary/aromatic N) is 2. The van der Waals surface area contributed by atoms with E-state index in [1.165, 1.54) is 34.7 Å². The fourth-order valence-corrected chi connectivity index (χ4v) is 4.36. The Bertz CT molecular complexity index is 962. The summed E-state index contributed by atoms with van der Waals surface area (Å²) >= 11 is 0. The fourth-order valence-electron chi connectivity index (χ4n) is 4.36. The Morgan fingerprint density at radius 3 is 2.22 bits per heavy atom. The summed E-state index contributed by atoms with van der Waals surface area (Å²) in [4.78, 5) is 15.1. The van der Waals surface area contributed by atoms with Crippen molar-refractivity contribution >= 4 is 27.7 Å². The van der Waals surface area contributed by atoms with Crippen molar-refractivity contribution in [3.8, 4) is 0 Å². The molecule has 0 saturated heterocycles. The highest BCUT2D eigenvalue weighted by Gasteiger charge is 2.19. The molecule has 0 N–H and O–H groups in total. The molecule has 0 radical (unpaired) electrons. The van der Waals surface area contributed by atoms with Gasteiger partial charge in [0, 0.05) is 24.2 Å². The Kier molecular flexibility index (Phi) is 6.01. The van der Waals surface area contributed by atoms with Crippen molar-refractivity contribution in [1.29, 1.82) is 0 Å². The summed E-state index contributed by atoms with van der Waals surface area (Å²) < 4.78 is 1.91. The van der Waals surface area contributed by atoms with E-state index in [2.05, 4.69) is 62.9 Å². The highest BCUT2D eigenvalue weighted by molar-refractivity contribution is 6.16. The fraction of sp³-hybridized carbons (Fsp3) is 0.458. The molecule has 3 rings (SSSR count). The second-order valence-corrected chi connectivity index (χ2v) is 7.68. The number of benzene rings is 2. The Labute approximate surface area is 163 Å². The molecule has 0 saturated carbocycles. The average molecular weight is 365 g/mol. The van der Waals surface area contributed by atoms with Crippen LogP contribution in [0.25, 0.3) is 21.8 Å². The maximum Gasteiger partial charge on any atom is 0.228 e. The number of rotatable bonds is 7. The monoisotopic (exact) mass is 364 g/mol. The third kappa shape index (κ3) is 3.66. The van der Waals surface area contributed by atoms with Crippen molar-refractivity contribution < 1.29 is 4.79 Å². The molecule has 3 nitrogen and oxygen atoms in total. The van der Waals surface area contributed by atoms with Crippen LogP contribution in [0.2, 0.25) is 0 Å². The van der Waals surface area contributed by atoms with Gasteiger partial charge >= 0.3 is 0 Å². The summed E-state index contributed by atoms with van der Waals surface area (Å²) in [6.07, 6.45) is 3.39. The third-order valence-corrected chi connectivity index (χ3v) is 5.52. The molecule has 3 aromatic rings. The van der Waals surface area contributed by atoms with E-state index in [1.54, 1.807) is 6.92 Å². The van der Waals surface area contributed by atoms with Crippen molar-refractivity contribution in [3.05, 3.63) is 47.0 Å². The number of hydrogen-bond donors (Lipinski definition) is 0. The zero-order valence-electron chi connectivity index (χ0n) is 17.4. The third-order valence-electron chi connectivity index (χ3n) is 5.52. The molecule has 0 atom stereocenters. The number of carbonyl (C=O) groups is 1. The molecule has 1 heterocycles. The SMILES string of the molecule is CCCN(CCC)CCc1cccc2c1c1c(C)ccc(C)c1n2C(C)=O. The quantitative estimate of drug-likeness (QED) is 0.534. The van der Waals surface area contributed by atoms with E-state index in [1.807, 2.05) is 4.57 Å². The van der Waals surface area contributed by atoms with Gasteiger partial charge in [-0.05, 0) is 69.0 Å². The van der Waals surface area contributed by atoms with Gasteiger partial charge in [0.05, 0.1) is 11.0 Å². The van der Waals surface area contributed by atoms with E-state index in [-0.39, 0.29) is 5.91 Å². The van der Waals surface area contributed by atoms with Gasteiger partial charge in [-0.25, -0.2) is 0 Å². The van der Waals surface area contributed by atoms with Gasteiger partial charge in [0.15, 0.2) is 0 Å². The molecule has 2 aromatic carbocycles. The van der Waals surface area contributed by atoms with Crippen LogP contribution >= 0.6 is 0 Å². The summed E-state index contributed by atoms with van der Waals surface area (Å²) in [6.45, 7) is 13.8. The predicted octanol–water partition coefficient (Wildman–Crippen LogP) is 5.74. The second kappa shape index (κ2) is 8.26. The largest absolute Gasteiger partial charge is 0.303 e. The van der Waals surface area contributed by atoms with Crippen LogP contribution in [0.1, 0.15) is 55.1 Å². The van der Waals surface area contributed by atoms with Crippen molar-refractivity contribution in [1.82, 2.24) is 9.47 Å². The van der Waals surface area contributed by atoms with Gasteiger partial charge in [-0.1, -0.05) is 38.1 Å². The minimum Gasteiger partial charge on any atom is -0.303 e. The van der Waals surface area contributed by atoms with Crippen LogP contribution in [0, 0.1) is 13.8 Å². The maximum atomic E-state index is 12.5. The zero-order chi connectivity index (χ0) is 19.6. The first-order chi connectivity index (χ1) is 13.0. The molecule has 0 aliphatic rings. The summed E-state index contributed by atoms with van der Waals surface area (Å²) in [5.74, 6) is 0.0828. The maximum absolute atomic E-state index is 12.5. The van der Waals surface area contributed by atoms with Gasteiger partial charge in [0.2, 0.25) is 5.91 Å². The van der Waals surface area contributed by atoms with Crippen LogP contribution in [0.5, 0.6) is 0 Å². The first-order valence-electron chi connectivity index (χ1n) is 10.2. The van der Waals surface area contributed by atoms with E-state index in [0.29, 0.717) is 0 Å². The highest BCUT2D eigenvalue weighted by Crippen LogP contribution is 2.35. The van der Waals surface area contributed by atoms with Crippen LogP contribution in [0.4, 0.5) is 0 Å². The molecule has 1 aromatic heterocycles. The Morgan fingerprint density at radius 2 is 1.59 bits per heavy atom. The lowest BCUT2D eigenvalue weighted by molar-refractivity contribution is 0.0946. The van der Waals surface area contributed by atoms with Crippen molar-refractivity contribution in [2.75, 3.05) is 19.6 Å². The van der Waals surface area contributed by atoms with Gasteiger partial charge < -0.3 is 4.90 Å². The first-order valence-corrected chi connectivity index (χ1v) is 10.2. The molecule has 144 valence electrons. The van der Waals surface area contributed by atoms with E-state index >= 15 is 0 Å². The predicted molar refractivity (Wildman–Crippen MR) is 116 cm³/mol. The summed E-state index contributed by atoms with van der Waals surface area (Å²) in [6, 6.07) is 10.7. The lowest BCUT2D eigenvalue weighted by atomic mass is 9.99. The van der Waals surface area contributed by atoms with E-state index in [9.17, 15) is 4.79 Å². The molecule has 0 amide bonds. The normalized spacial score (nSPS) is 11.8. The number of fused-ring (bicyclic) bond motifs is 3. The molecule has 0 aliphatic carbocycles. The Morgan fingerprint density at radius 1 is 0.926 bits per heavy atom. The summed E-state index contributed by atoms with van der Waals surface area (Å²) in [5.41, 5.74) is 5.87. The average Bonchev–Trinajstić information content (AvgIpc) is 3.00. The highest BCUT2D eigenvalue weighted by atomic mass is 16.1. The number of aryl methyl sites for hydroxylation is 2. The molecular weight excluding hydrogens is 332 g/mol. The molecule has 0 spiro atoms. The number of carbonyl (C=O) groups excluding carboxylic acids is 1. The standard InChI is InChI=1S/C24H32N2O/c1-6-14-25(15-7-2)16-13-20-9-8-10-21-23(20)22-17(3)11-12-18(4)24(22)26(21)19(5)27/h8-12H,6-7,13-16H2,1-5H3. The second-order valence-electron chi connectivity index (χ2n) is 7.68. The number of aromatic nitrogens is 1. The Hall–Kier alpha value is -2.13. The topological polar surface area (TPSA) is 25.2 Å². The smallest absolute Gasteiger partial charge is 0.228 e. The molecule has 0 aliphatic heterocycles. The zero-order valence-corrected chi connectivity index (χ0v) is 17.4. The van der Waals surface area contributed by atoms with Crippen LogP contribution in [0.15, 0.2) is 30.3 Å². The minimum absolute atomic E-state index is 0.0828. The Balaban J connectivity index is 2.17. The van der Waals surface area contributed by atoms with Crippen LogP contribution < -0.4 is 0 Å². The van der Waals surface area contributed by atoms with E-state index in [4.69, 9.17) is 0 Å². The van der Waals surface area contributed by atoms with Gasteiger partial charge in [-0.2, -0.15) is 0 Å². The summed E-state index contributed by atoms with van der Waals surface area (Å²) in [5, 5.41) is 2.50. The molecular formula is C24H32N2O. The molecule has 0 unspecified atom stereocenters. The minimum atomic E-state index is 0.0828. The first kappa shape index (κ1) is 19.6. The summed E-state index contributed by atoms with van der Waals surface area (Å²) in [7, 11) is 0. The van der Waals surface area contributed by atoms with Crippen LogP contribution in [-0.2, 0) is 6.42 Å². The lowest BCUT2D eigenvalue weighted by Gasteiger charge is -2.21. The van der Waals surface area contributed by atoms with Gasteiger partial charge in [-0.3, -0.25) is 9.36 Å². The van der Waals surface area contributed by atoms with Crippen molar-refractivity contribution in [2.45, 2.75) is 53.9 Å².